The van der Waals surface area contributed by atoms with Gasteiger partial charge in [0.1, 0.15) is 17.2 Å². The highest BCUT2D eigenvalue weighted by Gasteiger charge is 2.30. The maximum Gasteiger partial charge on any atom is 0.230 e. The first kappa shape index (κ1) is 19.9. The number of carbonyl (C=O) groups is 2. The number of hydrogen-bond acceptors (Lipinski definition) is 6. The third kappa shape index (κ3) is 3.82. The summed E-state index contributed by atoms with van der Waals surface area (Å²) < 4.78 is 6.13. The third-order valence-corrected chi connectivity index (χ3v) is 5.44. The number of carbonyl (C=O) groups excluding carboxylic acids is 2. The molecule has 3 aromatic heterocycles. The molecule has 8 nitrogen and oxygen atoms in total. The molecular weight excluding hydrogens is 406 g/mol. The van der Waals surface area contributed by atoms with Crippen molar-refractivity contribution < 1.29 is 14.3 Å². The number of H-pyrrole nitrogens is 1. The molecule has 1 N–H and O–H groups in total. The van der Waals surface area contributed by atoms with Gasteiger partial charge in [0.05, 0.1) is 23.8 Å². The van der Waals surface area contributed by atoms with Gasteiger partial charge in [0.25, 0.3) is 0 Å². The highest BCUT2D eigenvalue weighted by molar-refractivity contribution is 6.02. The van der Waals surface area contributed by atoms with Crippen LogP contribution in [0.3, 0.4) is 0 Å². The van der Waals surface area contributed by atoms with E-state index < -0.39 is 0 Å². The van der Waals surface area contributed by atoms with E-state index in [-0.39, 0.29) is 31.2 Å². The molecule has 0 atom stereocenters. The maximum absolute atomic E-state index is 12.2. The average Bonchev–Trinajstić information content (AvgIpc) is 3.38. The second-order valence-electron chi connectivity index (χ2n) is 7.59. The van der Waals surface area contributed by atoms with Crippen LogP contribution >= 0.6 is 0 Å². The lowest BCUT2D eigenvalue weighted by Crippen LogP contribution is -2.28. The van der Waals surface area contributed by atoms with E-state index in [1.54, 1.807) is 12.4 Å². The monoisotopic (exact) mass is 427 g/mol. The molecule has 1 aromatic carbocycles. The van der Waals surface area contributed by atoms with Crippen LogP contribution in [0.2, 0.25) is 0 Å². The number of pyridine rings is 2. The maximum atomic E-state index is 12.2. The normalized spacial score (nSPS) is 13.8. The molecule has 2 amide bonds. The van der Waals surface area contributed by atoms with Crippen LogP contribution in [-0.4, -0.2) is 36.7 Å². The van der Waals surface area contributed by atoms with Crippen LogP contribution in [0.25, 0.3) is 22.6 Å². The molecule has 4 heterocycles. The van der Waals surface area contributed by atoms with E-state index in [0.717, 1.165) is 23.3 Å². The molecule has 0 aliphatic carbocycles. The molecule has 0 bridgehead atoms. The SMILES string of the molecule is CCc1ccc(Oc2cc3nc(-c4ccccn4)[nH]c3cc2CN2C(=O)CCC2=O)cn1. The molecule has 1 fully saturated rings. The van der Waals surface area contributed by atoms with Crippen LogP contribution in [0.4, 0.5) is 0 Å². The molecule has 4 aromatic rings. The van der Waals surface area contributed by atoms with Crippen LogP contribution in [0, 0.1) is 0 Å². The predicted octanol–water partition coefficient (Wildman–Crippen LogP) is 4.02. The highest BCUT2D eigenvalue weighted by atomic mass is 16.5. The van der Waals surface area contributed by atoms with Crippen LogP contribution in [-0.2, 0) is 22.6 Å². The van der Waals surface area contributed by atoms with Crippen LogP contribution < -0.4 is 4.74 Å². The number of ether oxygens (including phenoxy) is 1. The Hall–Kier alpha value is -4.07. The van der Waals surface area contributed by atoms with Crippen molar-refractivity contribution in [3.05, 3.63) is 66.1 Å². The van der Waals surface area contributed by atoms with Crippen LogP contribution in [0.5, 0.6) is 11.5 Å². The number of aromatic amines is 1. The smallest absolute Gasteiger partial charge is 0.230 e. The molecule has 1 aliphatic heterocycles. The lowest BCUT2D eigenvalue weighted by atomic mass is 10.1. The van der Waals surface area contributed by atoms with Crippen molar-refractivity contribution in [2.45, 2.75) is 32.7 Å². The van der Waals surface area contributed by atoms with E-state index in [1.807, 2.05) is 49.4 Å². The van der Waals surface area contributed by atoms with Gasteiger partial charge in [0.15, 0.2) is 5.82 Å². The van der Waals surface area contributed by atoms with Crippen LogP contribution in [0.15, 0.2) is 54.9 Å². The van der Waals surface area contributed by atoms with Gasteiger partial charge in [-0.05, 0) is 36.8 Å². The fourth-order valence-corrected chi connectivity index (χ4v) is 3.70. The topological polar surface area (TPSA) is 101 Å². The minimum Gasteiger partial charge on any atom is -0.455 e. The molecule has 0 radical (unpaired) electrons. The molecule has 0 saturated carbocycles. The molecule has 1 saturated heterocycles. The van der Waals surface area contributed by atoms with E-state index in [2.05, 4.69) is 19.9 Å². The molecule has 8 heteroatoms. The minimum atomic E-state index is -0.172. The molecule has 1 aliphatic rings. The summed E-state index contributed by atoms with van der Waals surface area (Å²) in [7, 11) is 0. The largest absolute Gasteiger partial charge is 0.455 e. The van der Waals surface area contributed by atoms with Crippen molar-refractivity contribution in [3.8, 4) is 23.0 Å². The van der Waals surface area contributed by atoms with Crippen LogP contribution in [0.1, 0.15) is 31.0 Å². The number of aromatic nitrogens is 4. The first-order valence-corrected chi connectivity index (χ1v) is 10.5. The van der Waals surface area contributed by atoms with E-state index in [4.69, 9.17) is 4.74 Å². The molecule has 5 rings (SSSR count). The van der Waals surface area contributed by atoms with E-state index >= 15 is 0 Å². The Morgan fingerprint density at radius 2 is 1.91 bits per heavy atom. The zero-order chi connectivity index (χ0) is 22.1. The summed E-state index contributed by atoms with van der Waals surface area (Å²) in [5, 5.41) is 0. The Kier molecular flexibility index (Phi) is 5.10. The Morgan fingerprint density at radius 3 is 2.59 bits per heavy atom. The molecule has 160 valence electrons. The van der Waals surface area contributed by atoms with Gasteiger partial charge in [-0.3, -0.25) is 24.5 Å². The van der Waals surface area contributed by atoms with Crippen molar-refractivity contribution in [1.82, 2.24) is 24.8 Å². The molecular formula is C24H21N5O3. The first-order valence-electron chi connectivity index (χ1n) is 10.5. The predicted molar refractivity (Wildman–Crippen MR) is 118 cm³/mol. The number of imidazole rings is 1. The van der Waals surface area contributed by atoms with Gasteiger partial charge in [0.2, 0.25) is 11.8 Å². The van der Waals surface area contributed by atoms with E-state index in [9.17, 15) is 9.59 Å². The van der Waals surface area contributed by atoms with Gasteiger partial charge < -0.3 is 9.72 Å². The zero-order valence-corrected chi connectivity index (χ0v) is 17.5. The highest BCUT2D eigenvalue weighted by Crippen LogP contribution is 2.32. The second-order valence-corrected chi connectivity index (χ2v) is 7.59. The number of amides is 2. The Labute approximate surface area is 184 Å². The summed E-state index contributed by atoms with van der Waals surface area (Å²) in [6, 6.07) is 13.1. The van der Waals surface area contributed by atoms with Crippen molar-refractivity contribution in [3.63, 3.8) is 0 Å². The van der Waals surface area contributed by atoms with Gasteiger partial charge >= 0.3 is 0 Å². The molecule has 0 spiro atoms. The average molecular weight is 427 g/mol. The van der Waals surface area contributed by atoms with Gasteiger partial charge in [-0.25, -0.2) is 4.98 Å². The van der Waals surface area contributed by atoms with Crippen molar-refractivity contribution >= 4 is 22.8 Å². The second kappa shape index (κ2) is 8.22. The quantitative estimate of drug-likeness (QED) is 0.466. The minimum absolute atomic E-state index is 0.140. The van der Waals surface area contributed by atoms with Gasteiger partial charge in [0, 0.05) is 36.4 Å². The number of imide groups is 1. The van der Waals surface area contributed by atoms with Crippen molar-refractivity contribution in [2.24, 2.45) is 0 Å². The number of nitrogens with zero attached hydrogens (tertiary/aromatic N) is 4. The Morgan fingerprint density at radius 1 is 1.06 bits per heavy atom. The zero-order valence-electron chi connectivity index (χ0n) is 17.5. The number of hydrogen-bond donors (Lipinski definition) is 1. The fourth-order valence-electron chi connectivity index (χ4n) is 3.70. The number of fused-ring (bicyclic) bond motifs is 1. The van der Waals surface area contributed by atoms with E-state index in [0.29, 0.717) is 28.4 Å². The summed E-state index contributed by atoms with van der Waals surface area (Å²) in [6.07, 6.45) is 4.70. The lowest BCUT2D eigenvalue weighted by molar-refractivity contribution is -0.139. The number of nitrogens with one attached hydrogen (secondary N) is 1. The summed E-state index contributed by atoms with van der Waals surface area (Å²) in [5.74, 6) is 1.38. The number of aryl methyl sites for hydroxylation is 1. The number of likely N-dealkylation sites (tertiary alicyclic amines) is 1. The van der Waals surface area contributed by atoms with Crippen molar-refractivity contribution in [1.29, 1.82) is 0 Å². The van der Waals surface area contributed by atoms with Crippen molar-refractivity contribution in [2.75, 3.05) is 0 Å². The summed E-state index contributed by atoms with van der Waals surface area (Å²) in [4.78, 5) is 42.4. The summed E-state index contributed by atoms with van der Waals surface area (Å²) in [5.41, 5.74) is 3.86. The number of benzene rings is 1. The Bertz CT molecular complexity index is 1280. The Balaban J connectivity index is 1.56. The van der Waals surface area contributed by atoms with E-state index in [1.165, 1.54) is 4.90 Å². The lowest BCUT2D eigenvalue weighted by Gasteiger charge is -2.17. The number of rotatable bonds is 6. The molecule has 32 heavy (non-hydrogen) atoms. The van der Waals surface area contributed by atoms with Gasteiger partial charge in [-0.15, -0.1) is 0 Å². The summed E-state index contributed by atoms with van der Waals surface area (Å²) in [6.45, 7) is 2.18. The first-order chi connectivity index (χ1) is 15.6. The third-order valence-electron chi connectivity index (χ3n) is 5.44. The fraction of sp³-hybridized carbons (Fsp3) is 0.208. The summed E-state index contributed by atoms with van der Waals surface area (Å²) >= 11 is 0. The standard InChI is InChI=1S/C24H21N5O3/c1-2-16-6-7-17(13-26-16)32-21-12-20-19(27-24(28-20)18-5-3-4-10-25-18)11-15(21)14-29-22(30)8-9-23(29)31/h3-7,10-13H,2,8-9,14H2,1H3,(H,27,28). The van der Waals surface area contributed by atoms with Gasteiger partial charge in [-0.2, -0.15) is 0 Å². The molecule has 0 unspecified atom stereocenters. The van der Waals surface area contributed by atoms with Gasteiger partial charge in [-0.1, -0.05) is 13.0 Å².